The Balaban J connectivity index is 0. The van der Waals surface area contributed by atoms with E-state index in [1.54, 1.807) is 0 Å². The largest absolute Gasteiger partial charge is 0 e. The summed E-state index contributed by atoms with van der Waals surface area (Å²) in [7, 11) is 0. The molecular weight excluding hydrogens is 352 g/mol. The van der Waals surface area contributed by atoms with E-state index in [1.165, 1.54) is 0 Å². The number of halogens is 4. The van der Waals surface area contributed by atoms with Gasteiger partial charge in [-0.05, 0) is 0 Å². The average molecular weight is 358 g/mol. The molecule has 0 aliphatic rings. The third kappa shape index (κ3) is 28.9. The molecule has 6 heavy (non-hydrogen) atoms. The van der Waals surface area contributed by atoms with Crippen molar-refractivity contribution in [3.05, 3.63) is 0 Å². The Morgan fingerprint density at radius 1 is 0.500 bits per heavy atom. The Kier molecular flexibility index (Phi) is 510. The maximum atomic E-state index is 0. The van der Waals surface area contributed by atoms with Crippen LogP contribution in [0.1, 0.15) is 0 Å². The van der Waals surface area contributed by atoms with E-state index in [0.29, 0.717) is 0 Å². The van der Waals surface area contributed by atoms with E-state index < -0.39 is 0 Å². The van der Waals surface area contributed by atoms with Crippen LogP contribution in [-0.2, 0) is 26.2 Å². The van der Waals surface area contributed by atoms with Crippen molar-refractivity contribution in [2.24, 2.45) is 0 Å². The molecule has 0 aromatic heterocycles. The minimum atomic E-state index is 0. The first kappa shape index (κ1) is 67.3. The summed E-state index contributed by atoms with van der Waals surface area (Å²) in [5.74, 6) is 0. The van der Waals surface area contributed by atoms with Crippen molar-refractivity contribution in [2.45, 2.75) is 0 Å². The summed E-state index contributed by atoms with van der Waals surface area (Å²) in [5.41, 5.74) is 0. The Hall–Kier alpha value is 2.84. The summed E-state index contributed by atoms with van der Waals surface area (Å²) in [4.78, 5) is 0. The van der Waals surface area contributed by atoms with Crippen molar-refractivity contribution in [1.29, 1.82) is 0 Å². The number of hydrogen-bond acceptors (Lipinski definition) is 0. The van der Waals surface area contributed by atoms with E-state index in [4.69, 9.17) is 0 Å². The first-order valence-corrected chi connectivity index (χ1v) is 0. The van der Waals surface area contributed by atoms with Crippen LogP contribution in [0.2, 0.25) is 0 Å². The third-order valence-electron chi connectivity index (χ3n) is 0. The molecule has 0 unspecified atom stereocenters. The van der Waals surface area contributed by atoms with Crippen LogP contribution < -0.4 is 0 Å². The predicted molar refractivity (Wildman–Crippen MR) is 37.5 cm³/mol. The maximum absolute atomic E-state index is 0. The minimum absolute atomic E-state index is 0. The van der Waals surface area contributed by atoms with E-state index in [1.807, 2.05) is 0 Å². The van der Waals surface area contributed by atoms with Crippen LogP contribution in [-0.4, -0.2) is 23.9 Å². The third-order valence-corrected chi connectivity index (χ3v) is 0. The van der Waals surface area contributed by atoms with Crippen molar-refractivity contribution < 1.29 is 26.2 Å². The van der Waals surface area contributed by atoms with E-state index >= 15 is 0 Å². The van der Waals surface area contributed by atoms with Gasteiger partial charge in [-0.15, -0.1) is 49.6 Å². The van der Waals surface area contributed by atoms with Gasteiger partial charge in [0.05, 0.1) is 0 Å². The van der Waals surface area contributed by atoms with Crippen molar-refractivity contribution >= 4 is 73.5 Å². The molecule has 0 atom stereocenters. The van der Waals surface area contributed by atoms with E-state index in [9.17, 15) is 0 Å². The molecule has 0 nitrogen and oxygen atoms in total. The summed E-state index contributed by atoms with van der Waals surface area (Å²) >= 11 is 0. The van der Waals surface area contributed by atoms with Gasteiger partial charge in [-0.2, -0.15) is 0 Å². The summed E-state index contributed by atoms with van der Waals surface area (Å²) in [6.07, 6.45) is 0. The molecule has 0 aromatic carbocycles. The van der Waals surface area contributed by atoms with E-state index in [0.717, 1.165) is 0 Å². The molecule has 0 saturated heterocycles. The van der Waals surface area contributed by atoms with Crippen molar-refractivity contribution in [3.8, 4) is 0 Å². The predicted octanol–water partition coefficient (Wildman–Crippen LogP) is 0.768. The van der Waals surface area contributed by atoms with Crippen molar-refractivity contribution in [1.82, 2.24) is 0 Å². The van der Waals surface area contributed by atoms with Gasteiger partial charge in [-0.3, -0.25) is 0 Å². The van der Waals surface area contributed by atoms with Gasteiger partial charge in [0, 0.05) is 26.2 Å². The molecular formula is H6Cl4SnZr. The summed E-state index contributed by atoms with van der Waals surface area (Å²) in [5, 5.41) is 0. The molecule has 0 bridgehead atoms. The SMILES string of the molecule is Cl.Cl.Cl.Cl.[SnH2].[Zr]. The first-order chi connectivity index (χ1) is 0. The summed E-state index contributed by atoms with van der Waals surface area (Å²) in [6.45, 7) is 0. The Bertz CT molecular complexity index is 7.51. The van der Waals surface area contributed by atoms with Crippen molar-refractivity contribution in [3.63, 3.8) is 0 Å². The molecule has 0 saturated carbocycles. The van der Waals surface area contributed by atoms with Gasteiger partial charge in [-0.25, -0.2) is 0 Å². The molecule has 6 heteroatoms. The van der Waals surface area contributed by atoms with Gasteiger partial charge in [-0.1, -0.05) is 0 Å². The molecule has 0 amide bonds. The maximum Gasteiger partial charge on any atom is 0 e. The van der Waals surface area contributed by atoms with Gasteiger partial charge in [0.1, 0.15) is 0 Å². The second-order valence-electron chi connectivity index (χ2n) is 0. The molecule has 0 aliphatic carbocycles. The van der Waals surface area contributed by atoms with Crippen LogP contribution in [0.15, 0.2) is 0 Å². The van der Waals surface area contributed by atoms with Gasteiger partial charge in [0.2, 0.25) is 0 Å². The zero-order valence-corrected chi connectivity index (χ0v) is 12.6. The first-order valence-electron chi connectivity index (χ1n) is 0. The fraction of sp³-hybridized carbons (Fsp3) is 0. The summed E-state index contributed by atoms with van der Waals surface area (Å²) < 4.78 is 0. The van der Waals surface area contributed by atoms with E-state index in [2.05, 4.69) is 0 Å². The van der Waals surface area contributed by atoms with Gasteiger partial charge < -0.3 is 0 Å². The standard InChI is InChI=1S/4ClH.Sn.Zr.2H/h4*1H;;;;. The average Bonchev–Trinajstić information content (AvgIpc) is 0. The number of hydrogen-bond donors (Lipinski definition) is 0. The molecule has 0 aliphatic heterocycles. The molecule has 0 N–H and O–H groups in total. The van der Waals surface area contributed by atoms with Gasteiger partial charge >= 0.3 is 23.9 Å². The molecule has 0 rings (SSSR count). The molecule has 0 fully saturated rings. The normalized spacial score (nSPS) is 0. The molecule has 0 aromatic rings. The van der Waals surface area contributed by atoms with Crippen LogP contribution in [0.25, 0.3) is 0 Å². The van der Waals surface area contributed by atoms with Crippen LogP contribution in [0, 0.1) is 0 Å². The second kappa shape index (κ2) is 45.5. The fourth-order valence-electron chi connectivity index (χ4n) is 0. The quantitative estimate of drug-likeness (QED) is 0.562. The molecule has 42 valence electrons. The Labute approximate surface area is 98.3 Å². The number of rotatable bonds is 0. The Morgan fingerprint density at radius 2 is 0.500 bits per heavy atom. The second-order valence-corrected chi connectivity index (χ2v) is 0. The fourth-order valence-corrected chi connectivity index (χ4v) is 0. The minimum Gasteiger partial charge on any atom is 0 e. The van der Waals surface area contributed by atoms with Crippen LogP contribution in [0.4, 0.5) is 0 Å². The zero-order chi connectivity index (χ0) is 0. The van der Waals surface area contributed by atoms with Crippen molar-refractivity contribution in [2.75, 3.05) is 0 Å². The van der Waals surface area contributed by atoms with Gasteiger partial charge in [0.25, 0.3) is 0 Å². The van der Waals surface area contributed by atoms with Crippen LogP contribution in [0.5, 0.6) is 0 Å². The molecule has 0 heterocycles. The van der Waals surface area contributed by atoms with E-state index in [-0.39, 0.29) is 99.7 Å². The zero-order valence-electron chi connectivity index (χ0n) is 2.84. The molecule has 2 radical (unpaired) electrons. The molecule has 0 spiro atoms. The van der Waals surface area contributed by atoms with Crippen LogP contribution >= 0.6 is 49.6 Å². The smallest absolute Gasteiger partial charge is 0 e. The van der Waals surface area contributed by atoms with Gasteiger partial charge in [0.15, 0.2) is 0 Å². The summed E-state index contributed by atoms with van der Waals surface area (Å²) in [6, 6.07) is 0. The Morgan fingerprint density at radius 3 is 0.500 bits per heavy atom. The monoisotopic (exact) mass is 356 g/mol. The topological polar surface area (TPSA) is 0 Å². The van der Waals surface area contributed by atoms with Crippen LogP contribution in [0.3, 0.4) is 0 Å².